The second kappa shape index (κ2) is 6.32. The average molecular weight is 316 g/mol. The van der Waals surface area contributed by atoms with E-state index >= 15 is 0 Å². The first kappa shape index (κ1) is 15.4. The normalized spacial score (nSPS) is 13.6. The minimum absolute atomic E-state index is 0.138. The van der Waals surface area contributed by atoms with Crippen molar-refractivity contribution >= 4 is 12.0 Å². The number of aryl methyl sites for hydroxylation is 1. The van der Waals surface area contributed by atoms with E-state index < -0.39 is 5.97 Å². The molecule has 0 radical (unpaired) electrons. The summed E-state index contributed by atoms with van der Waals surface area (Å²) < 4.78 is 15.8. The third kappa shape index (κ3) is 3.02. The van der Waals surface area contributed by atoms with Gasteiger partial charge in [0.25, 0.3) is 6.01 Å². The van der Waals surface area contributed by atoms with Gasteiger partial charge in [0, 0.05) is 13.1 Å². The summed E-state index contributed by atoms with van der Waals surface area (Å²) in [5, 5.41) is 0. The van der Waals surface area contributed by atoms with Crippen LogP contribution >= 0.6 is 0 Å². The van der Waals surface area contributed by atoms with E-state index in [2.05, 4.69) is 17.1 Å². The van der Waals surface area contributed by atoms with Gasteiger partial charge in [0.2, 0.25) is 5.76 Å². The summed E-state index contributed by atoms with van der Waals surface area (Å²) in [4.78, 5) is 17.9. The van der Waals surface area contributed by atoms with E-state index in [0.29, 0.717) is 19.2 Å². The van der Waals surface area contributed by atoms with E-state index in [1.54, 1.807) is 14.0 Å². The molecule has 0 aliphatic carbocycles. The van der Waals surface area contributed by atoms with Gasteiger partial charge in [-0.3, -0.25) is 0 Å². The van der Waals surface area contributed by atoms with Crippen LogP contribution < -0.4 is 9.64 Å². The Hall–Kier alpha value is -2.50. The maximum absolute atomic E-state index is 11.7. The largest absolute Gasteiger partial charge is 0.496 e. The van der Waals surface area contributed by atoms with E-state index in [1.807, 2.05) is 11.8 Å². The molecule has 0 N–H and O–H groups in total. The molecule has 0 bridgehead atoms. The Kier molecular flexibility index (Phi) is 4.23. The van der Waals surface area contributed by atoms with Gasteiger partial charge in [-0.15, -0.1) is 0 Å². The molecule has 6 heteroatoms. The second-order valence-electron chi connectivity index (χ2n) is 5.49. The molecule has 1 aliphatic heterocycles. The Labute approximate surface area is 135 Å². The van der Waals surface area contributed by atoms with Gasteiger partial charge < -0.3 is 18.8 Å². The second-order valence-corrected chi connectivity index (χ2v) is 5.49. The number of benzene rings is 1. The summed E-state index contributed by atoms with van der Waals surface area (Å²) in [7, 11) is 1.69. The fourth-order valence-corrected chi connectivity index (χ4v) is 2.80. The molecule has 0 unspecified atom stereocenters. The highest BCUT2D eigenvalue weighted by Crippen LogP contribution is 2.29. The molecule has 6 nitrogen and oxygen atoms in total. The van der Waals surface area contributed by atoms with Crippen LogP contribution in [0, 0.1) is 6.92 Å². The van der Waals surface area contributed by atoms with E-state index in [9.17, 15) is 4.79 Å². The van der Waals surface area contributed by atoms with Crippen LogP contribution in [0.1, 0.15) is 34.2 Å². The van der Waals surface area contributed by atoms with E-state index in [-0.39, 0.29) is 5.76 Å². The first-order valence-corrected chi connectivity index (χ1v) is 7.66. The van der Waals surface area contributed by atoms with Crippen LogP contribution in [0.2, 0.25) is 0 Å². The van der Waals surface area contributed by atoms with Crippen LogP contribution in [-0.2, 0) is 17.7 Å². The molecule has 2 aromatic rings. The minimum atomic E-state index is -0.482. The topological polar surface area (TPSA) is 64.8 Å². The predicted molar refractivity (Wildman–Crippen MR) is 84.9 cm³/mol. The van der Waals surface area contributed by atoms with Crippen molar-refractivity contribution in [1.82, 2.24) is 4.98 Å². The van der Waals surface area contributed by atoms with E-state index in [0.717, 1.165) is 24.3 Å². The smallest absolute Gasteiger partial charge is 0.376 e. The Morgan fingerprint density at radius 2 is 2.22 bits per heavy atom. The molecule has 0 saturated carbocycles. The predicted octanol–water partition coefficient (Wildman–Crippen LogP) is 2.73. The van der Waals surface area contributed by atoms with E-state index in [1.165, 1.54) is 17.3 Å². The van der Waals surface area contributed by atoms with Crippen LogP contribution in [0.25, 0.3) is 0 Å². The SMILES string of the molecule is CCOC(=O)c1cnc(N2CCc3cc(OC)c(C)cc3C2)o1. The maximum atomic E-state index is 11.7. The number of fused-ring (bicyclic) bond motifs is 1. The standard InChI is InChI=1S/C17H20N2O4/c1-4-22-16(20)15-9-18-17(23-15)19-6-5-12-8-14(21-3)11(2)7-13(12)10-19/h7-9H,4-6,10H2,1-3H3. The van der Waals surface area contributed by atoms with Crippen molar-refractivity contribution < 1.29 is 18.7 Å². The Morgan fingerprint density at radius 1 is 1.39 bits per heavy atom. The van der Waals surface area contributed by atoms with Crippen molar-refractivity contribution in [2.24, 2.45) is 0 Å². The molecular formula is C17H20N2O4. The van der Waals surface area contributed by atoms with Gasteiger partial charge in [0.05, 0.1) is 19.9 Å². The van der Waals surface area contributed by atoms with Gasteiger partial charge >= 0.3 is 5.97 Å². The number of hydrogen-bond donors (Lipinski definition) is 0. The highest BCUT2D eigenvalue weighted by atomic mass is 16.5. The van der Waals surface area contributed by atoms with Gasteiger partial charge in [-0.2, -0.15) is 0 Å². The van der Waals surface area contributed by atoms with Crippen molar-refractivity contribution in [1.29, 1.82) is 0 Å². The number of ether oxygens (including phenoxy) is 2. The third-order valence-electron chi connectivity index (χ3n) is 3.97. The fourth-order valence-electron chi connectivity index (χ4n) is 2.80. The number of esters is 1. The number of anilines is 1. The maximum Gasteiger partial charge on any atom is 0.376 e. The quantitative estimate of drug-likeness (QED) is 0.808. The van der Waals surface area contributed by atoms with Crippen molar-refractivity contribution in [3.05, 3.63) is 40.8 Å². The number of aromatic nitrogens is 1. The molecule has 0 atom stereocenters. The first-order chi connectivity index (χ1) is 11.1. The zero-order chi connectivity index (χ0) is 16.4. The Morgan fingerprint density at radius 3 is 2.96 bits per heavy atom. The molecule has 23 heavy (non-hydrogen) atoms. The van der Waals surface area contributed by atoms with Gasteiger partial charge in [-0.05, 0) is 43.0 Å². The number of nitrogens with zero attached hydrogens (tertiary/aromatic N) is 2. The van der Waals surface area contributed by atoms with Gasteiger partial charge in [0.15, 0.2) is 0 Å². The number of oxazole rings is 1. The number of carbonyl (C=O) groups excluding carboxylic acids is 1. The Balaban J connectivity index is 1.79. The molecule has 0 fully saturated rings. The summed E-state index contributed by atoms with van der Waals surface area (Å²) in [6.07, 6.45) is 2.30. The number of rotatable bonds is 4. The zero-order valence-corrected chi connectivity index (χ0v) is 13.6. The molecular weight excluding hydrogens is 296 g/mol. The van der Waals surface area contributed by atoms with Gasteiger partial charge in [-0.1, -0.05) is 6.07 Å². The zero-order valence-electron chi connectivity index (χ0n) is 13.6. The minimum Gasteiger partial charge on any atom is -0.496 e. The fraction of sp³-hybridized carbons (Fsp3) is 0.412. The lowest BCUT2D eigenvalue weighted by Crippen LogP contribution is -2.30. The first-order valence-electron chi connectivity index (χ1n) is 7.66. The van der Waals surface area contributed by atoms with Crippen LogP contribution in [-0.4, -0.2) is 31.2 Å². The van der Waals surface area contributed by atoms with Crippen molar-refractivity contribution in [2.75, 3.05) is 25.2 Å². The molecule has 3 rings (SSSR count). The number of hydrogen-bond acceptors (Lipinski definition) is 6. The van der Waals surface area contributed by atoms with Crippen LogP contribution in [0.5, 0.6) is 5.75 Å². The van der Waals surface area contributed by atoms with Crippen molar-refractivity contribution in [3.63, 3.8) is 0 Å². The van der Waals surface area contributed by atoms with Crippen molar-refractivity contribution in [2.45, 2.75) is 26.8 Å². The summed E-state index contributed by atoms with van der Waals surface area (Å²) in [6, 6.07) is 4.68. The number of carbonyl (C=O) groups is 1. The molecule has 0 spiro atoms. The highest BCUT2D eigenvalue weighted by molar-refractivity contribution is 5.86. The molecule has 1 aliphatic rings. The van der Waals surface area contributed by atoms with Crippen molar-refractivity contribution in [3.8, 4) is 5.75 Å². The molecule has 122 valence electrons. The average Bonchev–Trinajstić information content (AvgIpc) is 3.04. The Bertz CT molecular complexity index is 723. The van der Waals surface area contributed by atoms with E-state index in [4.69, 9.17) is 13.9 Å². The summed E-state index contributed by atoms with van der Waals surface area (Å²) >= 11 is 0. The molecule has 2 heterocycles. The molecule has 1 aromatic carbocycles. The summed E-state index contributed by atoms with van der Waals surface area (Å²) in [5.74, 6) is 0.570. The van der Waals surface area contributed by atoms with Crippen LogP contribution in [0.4, 0.5) is 6.01 Å². The number of methoxy groups -OCH3 is 1. The monoisotopic (exact) mass is 316 g/mol. The lowest BCUT2D eigenvalue weighted by Gasteiger charge is -2.28. The summed E-state index contributed by atoms with van der Waals surface area (Å²) in [6.45, 7) is 5.58. The van der Waals surface area contributed by atoms with Crippen LogP contribution in [0.15, 0.2) is 22.7 Å². The van der Waals surface area contributed by atoms with Gasteiger partial charge in [0.1, 0.15) is 5.75 Å². The molecule has 0 saturated heterocycles. The molecule has 0 amide bonds. The lowest BCUT2D eigenvalue weighted by molar-refractivity contribution is 0.0490. The third-order valence-corrected chi connectivity index (χ3v) is 3.97. The lowest BCUT2D eigenvalue weighted by atomic mass is 9.97. The summed E-state index contributed by atoms with van der Waals surface area (Å²) in [5.41, 5.74) is 3.61. The van der Waals surface area contributed by atoms with Crippen LogP contribution in [0.3, 0.4) is 0 Å². The highest BCUT2D eigenvalue weighted by Gasteiger charge is 2.23. The molecule has 1 aromatic heterocycles. The van der Waals surface area contributed by atoms with Gasteiger partial charge in [-0.25, -0.2) is 9.78 Å².